The minimum atomic E-state index is -0.455. The average molecular weight is 441 g/mol. The van der Waals surface area contributed by atoms with E-state index in [0.29, 0.717) is 17.9 Å². The van der Waals surface area contributed by atoms with Crippen molar-refractivity contribution in [1.29, 1.82) is 0 Å². The molecule has 1 aliphatic rings. The number of hydrogen-bond acceptors (Lipinski definition) is 5. The first-order chi connectivity index (χ1) is 16.0. The molecule has 1 amide bonds. The van der Waals surface area contributed by atoms with E-state index in [-0.39, 0.29) is 0 Å². The van der Waals surface area contributed by atoms with Crippen LogP contribution in [0.2, 0.25) is 0 Å². The summed E-state index contributed by atoms with van der Waals surface area (Å²) < 4.78 is 0. The molecule has 168 valence electrons. The first-order valence-electron chi connectivity index (χ1n) is 11.3. The van der Waals surface area contributed by atoms with E-state index in [0.717, 1.165) is 59.6 Å². The van der Waals surface area contributed by atoms with Crippen LogP contribution in [0, 0.1) is 6.92 Å². The topological polar surface area (TPSA) is 99.9 Å². The lowest BCUT2D eigenvalue weighted by Crippen LogP contribution is -2.18. The number of anilines is 1. The monoisotopic (exact) mass is 440 g/mol. The number of H-pyrrole nitrogens is 1. The zero-order valence-electron chi connectivity index (χ0n) is 19.0. The summed E-state index contributed by atoms with van der Waals surface area (Å²) >= 11 is 0. The first-order valence-corrected chi connectivity index (χ1v) is 11.3. The number of para-hydroxylation sites is 1. The predicted octanol–water partition coefficient (Wildman–Crippen LogP) is 4.02. The maximum atomic E-state index is 12.0. The Bertz CT molecular complexity index is 1330. The molecule has 5 rings (SSSR count). The third-order valence-electron chi connectivity index (χ3n) is 6.29. The number of aromatic nitrogens is 3. The summed E-state index contributed by atoms with van der Waals surface area (Å²) in [6, 6.07) is 15.9. The van der Waals surface area contributed by atoms with Gasteiger partial charge in [-0.1, -0.05) is 42.5 Å². The molecule has 0 saturated heterocycles. The molecule has 33 heavy (non-hydrogen) atoms. The van der Waals surface area contributed by atoms with Crippen LogP contribution in [0.5, 0.6) is 0 Å². The Morgan fingerprint density at radius 2 is 1.97 bits per heavy atom. The fourth-order valence-corrected chi connectivity index (χ4v) is 4.66. The fraction of sp³-hybridized carbons (Fsp3) is 0.269. The van der Waals surface area contributed by atoms with Crippen LogP contribution >= 0.6 is 0 Å². The van der Waals surface area contributed by atoms with Gasteiger partial charge in [-0.25, -0.2) is 9.97 Å². The summed E-state index contributed by atoms with van der Waals surface area (Å²) in [5, 5.41) is 4.48. The van der Waals surface area contributed by atoms with E-state index in [2.05, 4.69) is 34.4 Å². The normalized spacial score (nSPS) is 14.1. The third-order valence-corrected chi connectivity index (χ3v) is 6.29. The summed E-state index contributed by atoms with van der Waals surface area (Å²) in [5.41, 5.74) is 12.1. The molecule has 0 atom stereocenters. The van der Waals surface area contributed by atoms with Crippen LogP contribution in [-0.4, -0.2) is 39.4 Å². The number of nitrogens with zero attached hydrogens (tertiary/aromatic N) is 3. The molecule has 3 heterocycles. The van der Waals surface area contributed by atoms with Gasteiger partial charge in [0.2, 0.25) is 0 Å². The number of carbonyl (C=O) groups is 1. The number of hydrogen-bond donors (Lipinski definition) is 3. The van der Waals surface area contributed by atoms with Gasteiger partial charge in [0, 0.05) is 35.3 Å². The molecular formula is C26H28N6O. The number of aryl methyl sites for hydroxylation is 1. The van der Waals surface area contributed by atoms with Gasteiger partial charge in [-0.05, 0) is 45.0 Å². The molecule has 0 fully saturated rings. The summed E-state index contributed by atoms with van der Waals surface area (Å²) in [5.74, 6) is 1.09. The Balaban J connectivity index is 1.65. The molecule has 4 aromatic rings. The first kappa shape index (κ1) is 21.2. The van der Waals surface area contributed by atoms with Crippen LogP contribution < -0.4 is 11.1 Å². The van der Waals surface area contributed by atoms with Crippen LogP contribution in [0.1, 0.15) is 39.3 Å². The van der Waals surface area contributed by atoms with Gasteiger partial charge in [0.25, 0.3) is 5.91 Å². The molecule has 1 aliphatic heterocycles. The number of rotatable bonds is 5. The highest BCUT2D eigenvalue weighted by Crippen LogP contribution is 2.34. The van der Waals surface area contributed by atoms with Gasteiger partial charge in [-0.3, -0.25) is 4.79 Å². The number of nitrogens with two attached hydrogens (primary N) is 1. The largest absolute Gasteiger partial charge is 0.366 e. The van der Waals surface area contributed by atoms with Crippen molar-refractivity contribution in [3.63, 3.8) is 0 Å². The van der Waals surface area contributed by atoms with Crippen molar-refractivity contribution < 1.29 is 4.79 Å². The average Bonchev–Trinajstić information content (AvgIpc) is 3.02. The van der Waals surface area contributed by atoms with Gasteiger partial charge >= 0.3 is 0 Å². The minimum Gasteiger partial charge on any atom is -0.366 e. The number of amides is 1. The standard InChI is InChI=1S/C26H28N6O/c1-16-22(19-10-6-11-20(24(27)33)23(19)29-16)26-30-21-15-32(2)13-7-12-18(21)25(31-26)28-14-17-8-4-3-5-9-17/h3-6,8-11,29H,7,12-15H2,1-2H3,(H2,27,33)(H,28,30,31). The van der Waals surface area contributed by atoms with Crippen molar-refractivity contribution in [2.24, 2.45) is 5.73 Å². The Labute approximate surface area is 193 Å². The second-order valence-corrected chi connectivity index (χ2v) is 8.72. The van der Waals surface area contributed by atoms with Gasteiger partial charge in [0.05, 0.1) is 16.8 Å². The molecule has 0 saturated carbocycles. The number of primary amides is 1. The lowest BCUT2D eigenvalue weighted by Gasteiger charge is -2.17. The van der Waals surface area contributed by atoms with Crippen molar-refractivity contribution in [3.8, 4) is 11.4 Å². The molecule has 7 nitrogen and oxygen atoms in total. The molecule has 4 N–H and O–H groups in total. The van der Waals surface area contributed by atoms with Crippen molar-refractivity contribution in [2.75, 3.05) is 18.9 Å². The SMILES string of the molecule is Cc1[nH]c2c(C(N)=O)cccc2c1-c1nc2c(c(NCc3ccccc3)n1)CCCN(C)C2. The number of nitrogens with one attached hydrogen (secondary N) is 2. The van der Waals surface area contributed by atoms with E-state index in [1.54, 1.807) is 6.07 Å². The zero-order valence-corrected chi connectivity index (χ0v) is 19.0. The van der Waals surface area contributed by atoms with Gasteiger partial charge in [0.15, 0.2) is 5.82 Å². The van der Waals surface area contributed by atoms with E-state index in [1.165, 1.54) is 11.1 Å². The highest BCUT2D eigenvalue weighted by molar-refractivity contribution is 6.09. The van der Waals surface area contributed by atoms with Crippen molar-refractivity contribution in [3.05, 3.63) is 76.6 Å². The zero-order chi connectivity index (χ0) is 22.9. The van der Waals surface area contributed by atoms with Gasteiger partial charge in [-0.2, -0.15) is 0 Å². The van der Waals surface area contributed by atoms with E-state index in [4.69, 9.17) is 15.7 Å². The fourth-order valence-electron chi connectivity index (χ4n) is 4.66. The summed E-state index contributed by atoms with van der Waals surface area (Å²) in [6.45, 7) is 4.48. The van der Waals surface area contributed by atoms with Crippen LogP contribution in [-0.2, 0) is 19.5 Å². The number of fused-ring (bicyclic) bond motifs is 2. The highest BCUT2D eigenvalue weighted by atomic mass is 16.1. The van der Waals surface area contributed by atoms with Crippen LogP contribution in [0.3, 0.4) is 0 Å². The second-order valence-electron chi connectivity index (χ2n) is 8.72. The Kier molecular flexibility index (Phi) is 5.56. The van der Waals surface area contributed by atoms with Crippen LogP contribution in [0.15, 0.2) is 48.5 Å². The number of aromatic amines is 1. The van der Waals surface area contributed by atoms with Crippen LogP contribution in [0.4, 0.5) is 5.82 Å². The smallest absolute Gasteiger partial charge is 0.250 e. The molecule has 2 aromatic carbocycles. The molecule has 0 radical (unpaired) electrons. The van der Waals surface area contributed by atoms with Crippen molar-refractivity contribution >= 4 is 22.6 Å². The van der Waals surface area contributed by atoms with Gasteiger partial charge < -0.3 is 20.9 Å². The summed E-state index contributed by atoms with van der Waals surface area (Å²) in [7, 11) is 2.13. The van der Waals surface area contributed by atoms with Crippen LogP contribution in [0.25, 0.3) is 22.3 Å². The molecule has 0 unspecified atom stereocenters. The second kappa shape index (κ2) is 8.67. The Morgan fingerprint density at radius 3 is 2.76 bits per heavy atom. The highest BCUT2D eigenvalue weighted by Gasteiger charge is 2.23. The Hall–Kier alpha value is -3.71. The summed E-state index contributed by atoms with van der Waals surface area (Å²) in [6.07, 6.45) is 2.01. The van der Waals surface area contributed by atoms with Gasteiger partial charge in [0.1, 0.15) is 5.82 Å². The summed E-state index contributed by atoms with van der Waals surface area (Å²) in [4.78, 5) is 27.7. The maximum absolute atomic E-state index is 12.0. The van der Waals surface area contributed by atoms with E-state index in [9.17, 15) is 4.79 Å². The minimum absolute atomic E-state index is 0.455. The van der Waals surface area contributed by atoms with Crippen molar-refractivity contribution in [2.45, 2.75) is 32.9 Å². The lowest BCUT2D eigenvalue weighted by molar-refractivity contribution is 0.100. The van der Waals surface area contributed by atoms with E-state index in [1.807, 2.05) is 37.3 Å². The van der Waals surface area contributed by atoms with Gasteiger partial charge in [-0.15, -0.1) is 0 Å². The quantitative estimate of drug-likeness (QED) is 0.435. The third kappa shape index (κ3) is 4.07. The molecule has 2 aromatic heterocycles. The molecule has 0 spiro atoms. The molecule has 0 bridgehead atoms. The molecular weight excluding hydrogens is 412 g/mol. The Morgan fingerprint density at radius 1 is 1.15 bits per heavy atom. The van der Waals surface area contributed by atoms with E-state index >= 15 is 0 Å². The lowest BCUT2D eigenvalue weighted by atomic mass is 10.1. The maximum Gasteiger partial charge on any atom is 0.250 e. The number of benzene rings is 2. The van der Waals surface area contributed by atoms with Crippen molar-refractivity contribution in [1.82, 2.24) is 19.9 Å². The predicted molar refractivity (Wildman–Crippen MR) is 131 cm³/mol. The van der Waals surface area contributed by atoms with E-state index < -0.39 is 5.91 Å². The molecule has 7 heteroatoms. The number of carbonyl (C=O) groups excluding carboxylic acids is 1. The molecule has 0 aliphatic carbocycles.